The van der Waals surface area contributed by atoms with Crippen molar-refractivity contribution in [3.05, 3.63) is 23.9 Å². The number of hydrogen-bond acceptors (Lipinski definition) is 4. The van der Waals surface area contributed by atoms with Crippen molar-refractivity contribution in [2.75, 3.05) is 25.0 Å². The van der Waals surface area contributed by atoms with Gasteiger partial charge >= 0.3 is 0 Å². The van der Waals surface area contributed by atoms with Crippen LogP contribution in [0.5, 0.6) is 0 Å². The zero-order valence-electron chi connectivity index (χ0n) is 13.6. The Balaban J connectivity index is 0.00000220. The first-order valence-electron chi connectivity index (χ1n) is 7.63. The van der Waals surface area contributed by atoms with Gasteiger partial charge in [-0.05, 0) is 51.3 Å². The molecule has 5 heteroatoms. The van der Waals surface area contributed by atoms with Gasteiger partial charge in [0.05, 0.1) is 0 Å². The van der Waals surface area contributed by atoms with Gasteiger partial charge in [-0.25, -0.2) is 4.98 Å². The average molecular weight is 313 g/mol. The van der Waals surface area contributed by atoms with Gasteiger partial charge in [0.2, 0.25) is 0 Å². The number of halogens is 1. The molecule has 1 saturated heterocycles. The number of rotatable bonds is 5. The summed E-state index contributed by atoms with van der Waals surface area (Å²) in [5, 5.41) is 0. The standard InChI is InChI=1S/C16H28N4.ClH/c1-12(2)19(4)16-6-5-14(9-18-16)10-20-11-15(8-17)7-13(20)3;/h5-6,9,12-13,15H,7-8,10-11,17H2,1-4H3;1H. The highest BCUT2D eigenvalue weighted by Crippen LogP contribution is 2.24. The first kappa shape index (κ1) is 18.2. The summed E-state index contributed by atoms with van der Waals surface area (Å²) in [6, 6.07) is 5.42. The molecule has 1 aromatic heterocycles. The molecule has 21 heavy (non-hydrogen) atoms. The van der Waals surface area contributed by atoms with Crippen LogP contribution < -0.4 is 10.6 Å². The fourth-order valence-corrected chi connectivity index (χ4v) is 2.83. The SMILES string of the molecule is CC1CC(CN)CN1Cc1ccc(N(C)C(C)C)nc1.Cl. The summed E-state index contributed by atoms with van der Waals surface area (Å²) in [4.78, 5) is 9.28. The minimum Gasteiger partial charge on any atom is -0.357 e. The lowest BCUT2D eigenvalue weighted by molar-refractivity contribution is 0.255. The van der Waals surface area contributed by atoms with E-state index in [1.807, 2.05) is 6.20 Å². The molecule has 0 amide bonds. The summed E-state index contributed by atoms with van der Waals surface area (Å²) >= 11 is 0. The van der Waals surface area contributed by atoms with Crippen LogP contribution in [0.25, 0.3) is 0 Å². The lowest BCUT2D eigenvalue weighted by Crippen LogP contribution is -2.28. The molecular weight excluding hydrogens is 284 g/mol. The van der Waals surface area contributed by atoms with E-state index in [2.05, 4.69) is 54.7 Å². The highest BCUT2D eigenvalue weighted by Gasteiger charge is 2.27. The Morgan fingerprint density at radius 3 is 2.62 bits per heavy atom. The van der Waals surface area contributed by atoms with Gasteiger partial charge in [0, 0.05) is 38.4 Å². The van der Waals surface area contributed by atoms with E-state index in [0.717, 1.165) is 25.5 Å². The van der Waals surface area contributed by atoms with E-state index < -0.39 is 0 Å². The lowest BCUT2D eigenvalue weighted by atomic mass is 10.1. The topological polar surface area (TPSA) is 45.4 Å². The molecule has 1 fully saturated rings. The van der Waals surface area contributed by atoms with Gasteiger partial charge in [0.25, 0.3) is 0 Å². The largest absolute Gasteiger partial charge is 0.357 e. The van der Waals surface area contributed by atoms with Crippen molar-refractivity contribution in [2.45, 2.75) is 45.8 Å². The van der Waals surface area contributed by atoms with E-state index in [9.17, 15) is 0 Å². The molecule has 2 unspecified atom stereocenters. The molecule has 1 aromatic rings. The van der Waals surface area contributed by atoms with E-state index >= 15 is 0 Å². The maximum atomic E-state index is 5.79. The first-order valence-corrected chi connectivity index (χ1v) is 7.63. The highest BCUT2D eigenvalue weighted by atomic mass is 35.5. The summed E-state index contributed by atoms with van der Waals surface area (Å²) < 4.78 is 0. The molecule has 2 N–H and O–H groups in total. The number of hydrogen-bond donors (Lipinski definition) is 1. The molecule has 2 heterocycles. The van der Waals surface area contributed by atoms with Crippen molar-refractivity contribution in [1.29, 1.82) is 0 Å². The van der Waals surface area contributed by atoms with E-state index in [-0.39, 0.29) is 12.4 Å². The van der Waals surface area contributed by atoms with Crippen LogP contribution in [-0.4, -0.2) is 42.1 Å². The highest BCUT2D eigenvalue weighted by molar-refractivity contribution is 5.85. The van der Waals surface area contributed by atoms with Gasteiger partial charge in [0.15, 0.2) is 0 Å². The normalized spacial score (nSPS) is 22.4. The Morgan fingerprint density at radius 1 is 1.43 bits per heavy atom. The molecule has 0 radical (unpaired) electrons. The number of nitrogens with two attached hydrogens (primary N) is 1. The number of anilines is 1. The second kappa shape index (κ2) is 7.97. The third kappa shape index (κ3) is 4.56. The smallest absolute Gasteiger partial charge is 0.128 e. The van der Waals surface area contributed by atoms with Crippen LogP contribution in [0.3, 0.4) is 0 Å². The van der Waals surface area contributed by atoms with Crippen molar-refractivity contribution < 1.29 is 0 Å². The Morgan fingerprint density at radius 2 is 2.14 bits per heavy atom. The molecule has 0 spiro atoms. The zero-order chi connectivity index (χ0) is 14.7. The summed E-state index contributed by atoms with van der Waals surface area (Å²) in [5.74, 6) is 1.70. The molecule has 0 aliphatic carbocycles. The number of nitrogens with zero attached hydrogens (tertiary/aromatic N) is 3. The summed E-state index contributed by atoms with van der Waals surface area (Å²) in [5.41, 5.74) is 7.08. The van der Waals surface area contributed by atoms with Crippen molar-refractivity contribution in [3.63, 3.8) is 0 Å². The van der Waals surface area contributed by atoms with E-state index in [4.69, 9.17) is 5.73 Å². The molecule has 120 valence electrons. The molecule has 0 bridgehead atoms. The number of aromatic nitrogens is 1. The van der Waals surface area contributed by atoms with E-state index in [1.54, 1.807) is 0 Å². The van der Waals surface area contributed by atoms with Crippen LogP contribution in [0.1, 0.15) is 32.8 Å². The average Bonchev–Trinajstić information content (AvgIpc) is 2.79. The maximum Gasteiger partial charge on any atom is 0.128 e. The predicted molar refractivity (Wildman–Crippen MR) is 92.1 cm³/mol. The van der Waals surface area contributed by atoms with Crippen LogP contribution in [0.2, 0.25) is 0 Å². The van der Waals surface area contributed by atoms with Crippen LogP contribution in [0, 0.1) is 5.92 Å². The van der Waals surface area contributed by atoms with Crippen LogP contribution in [0.15, 0.2) is 18.3 Å². The van der Waals surface area contributed by atoms with Crippen LogP contribution in [0.4, 0.5) is 5.82 Å². The zero-order valence-corrected chi connectivity index (χ0v) is 14.4. The fourth-order valence-electron chi connectivity index (χ4n) is 2.83. The number of pyridine rings is 1. The van der Waals surface area contributed by atoms with Gasteiger partial charge < -0.3 is 10.6 Å². The van der Waals surface area contributed by atoms with Crippen molar-refractivity contribution in [3.8, 4) is 0 Å². The Labute approximate surface area is 135 Å². The second-order valence-electron chi connectivity index (χ2n) is 6.35. The lowest BCUT2D eigenvalue weighted by Gasteiger charge is -2.24. The monoisotopic (exact) mass is 312 g/mol. The van der Waals surface area contributed by atoms with Crippen molar-refractivity contribution in [1.82, 2.24) is 9.88 Å². The third-order valence-electron chi connectivity index (χ3n) is 4.45. The van der Waals surface area contributed by atoms with Crippen molar-refractivity contribution >= 4 is 18.2 Å². The van der Waals surface area contributed by atoms with Crippen LogP contribution in [-0.2, 0) is 6.54 Å². The Kier molecular flexibility index (Phi) is 6.91. The van der Waals surface area contributed by atoms with Gasteiger partial charge in [-0.1, -0.05) is 6.07 Å². The summed E-state index contributed by atoms with van der Waals surface area (Å²) in [6.07, 6.45) is 3.23. The Bertz CT molecular complexity index is 421. The molecule has 4 nitrogen and oxygen atoms in total. The molecule has 0 saturated carbocycles. The molecule has 1 aliphatic rings. The molecule has 2 atom stereocenters. The third-order valence-corrected chi connectivity index (χ3v) is 4.45. The summed E-state index contributed by atoms with van der Waals surface area (Å²) in [6.45, 7) is 9.55. The molecular formula is C16H29ClN4. The number of likely N-dealkylation sites (tertiary alicyclic amines) is 1. The van der Waals surface area contributed by atoms with Crippen LogP contribution >= 0.6 is 12.4 Å². The summed E-state index contributed by atoms with van der Waals surface area (Å²) in [7, 11) is 2.08. The van der Waals surface area contributed by atoms with Gasteiger partial charge in [-0.3, -0.25) is 4.90 Å². The predicted octanol–water partition coefficient (Wildman–Crippen LogP) is 2.52. The van der Waals surface area contributed by atoms with Crippen molar-refractivity contribution in [2.24, 2.45) is 11.7 Å². The maximum absolute atomic E-state index is 5.79. The molecule has 2 rings (SSSR count). The minimum absolute atomic E-state index is 0. The van der Waals surface area contributed by atoms with Gasteiger partial charge in [-0.2, -0.15) is 0 Å². The molecule has 1 aliphatic heterocycles. The quantitative estimate of drug-likeness (QED) is 0.907. The first-order chi connectivity index (χ1) is 9.51. The minimum atomic E-state index is 0. The van der Waals surface area contributed by atoms with Gasteiger partial charge in [0.1, 0.15) is 5.82 Å². The molecule has 0 aromatic carbocycles. The Hall–Kier alpha value is -0.840. The second-order valence-corrected chi connectivity index (χ2v) is 6.35. The van der Waals surface area contributed by atoms with E-state index in [0.29, 0.717) is 18.0 Å². The van der Waals surface area contributed by atoms with E-state index in [1.165, 1.54) is 12.0 Å². The van der Waals surface area contributed by atoms with Gasteiger partial charge in [-0.15, -0.1) is 12.4 Å². The fraction of sp³-hybridized carbons (Fsp3) is 0.688.